The summed E-state index contributed by atoms with van der Waals surface area (Å²) >= 11 is 0. The molecule has 1 aromatic carbocycles. The molecule has 0 bridgehead atoms. The van der Waals surface area contributed by atoms with Gasteiger partial charge in [0.05, 0.1) is 24.7 Å². The van der Waals surface area contributed by atoms with Crippen LogP contribution in [0.15, 0.2) is 30.3 Å². The van der Waals surface area contributed by atoms with Crippen LogP contribution >= 0.6 is 0 Å². The zero-order valence-corrected chi connectivity index (χ0v) is 14.1. The molecule has 0 aliphatic carbocycles. The first kappa shape index (κ1) is 18.2. The minimum absolute atomic E-state index is 0.0227. The largest absolute Gasteiger partial charge is 0.444 e. The van der Waals surface area contributed by atoms with Crippen molar-refractivity contribution in [1.29, 1.82) is 0 Å². The predicted octanol–water partition coefficient (Wildman–Crippen LogP) is 2.70. The van der Waals surface area contributed by atoms with Gasteiger partial charge in [0.1, 0.15) is 11.8 Å². The number of hydrogen-bond donors (Lipinski definition) is 1. The number of hydrogen-bond acceptors (Lipinski definition) is 5. The van der Waals surface area contributed by atoms with E-state index in [0.29, 0.717) is 5.56 Å². The molecule has 1 aliphatic rings. The number of hydroxylamine groups is 2. The highest BCUT2D eigenvalue weighted by Crippen LogP contribution is 2.16. The standard InChI is InChI=1S/C17H23FN2O4/c1-17(2,3)23-16(22)19-14-9-13(18)10-20(11-14)24-15(21)12-7-5-4-6-8-12/h4-8,13-14H,9-11H2,1-3H3,(H,19,22)/t13-,14+/m1/s1. The van der Waals surface area contributed by atoms with Crippen LogP contribution in [-0.2, 0) is 9.57 Å². The third-order valence-corrected chi connectivity index (χ3v) is 3.31. The van der Waals surface area contributed by atoms with Crippen molar-refractivity contribution in [2.24, 2.45) is 0 Å². The second-order valence-corrected chi connectivity index (χ2v) is 6.77. The Morgan fingerprint density at radius 1 is 1.21 bits per heavy atom. The monoisotopic (exact) mass is 338 g/mol. The summed E-state index contributed by atoms with van der Waals surface area (Å²) in [5.74, 6) is -0.555. The Hall–Kier alpha value is -2.15. The topological polar surface area (TPSA) is 67.9 Å². The molecule has 6 nitrogen and oxygen atoms in total. The second kappa shape index (κ2) is 7.61. The molecular formula is C17H23FN2O4. The summed E-state index contributed by atoms with van der Waals surface area (Å²) < 4.78 is 19.1. The molecule has 0 spiro atoms. The van der Waals surface area contributed by atoms with Crippen LogP contribution in [0.4, 0.5) is 9.18 Å². The van der Waals surface area contributed by atoms with Gasteiger partial charge in [0.15, 0.2) is 0 Å². The smallest absolute Gasteiger partial charge is 0.407 e. The predicted molar refractivity (Wildman–Crippen MR) is 86.1 cm³/mol. The van der Waals surface area contributed by atoms with E-state index >= 15 is 0 Å². The van der Waals surface area contributed by atoms with Crippen LogP contribution in [0.1, 0.15) is 37.6 Å². The summed E-state index contributed by atoms with van der Waals surface area (Å²) in [6.45, 7) is 5.43. The molecule has 1 amide bonds. The molecule has 0 saturated carbocycles. The summed E-state index contributed by atoms with van der Waals surface area (Å²) in [7, 11) is 0. The van der Waals surface area contributed by atoms with Crippen LogP contribution in [0, 0.1) is 0 Å². The van der Waals surface area contributed by atoms with Crippen molar-refractivity contribution in [3.8, 4) is 0 Å². The zero-order chi connectivity index (χ0) is 17.7. The Balaban J connectivity index is 1.90. The minimum atomic E-state index is -1.21. The first-order chi connectivity index (χ1) is 11.2. The molecule has 2 atom stereocenters. The molecule has 1 saturated heterocycles. The highest BCUT2D eigenvalue weighted by molar-refractivity contribution is 5.89. The average Bonchev–Trinajstić information content (AvgIpc) is 2.45. The molecular weight excluding hydrogens is 315 g/mol. The van der Waals surface area contributed by atoms with E-state index in [2.05, 4.69) is 5.32 Å². The first-order valence-corrected chi connectivity index (χ1v) is 7.89. The number of benzene rings is 1. The van der Waals surface area contributed by atoms with Crippen LogP contribution in [0.3, 0.4) is 0 Å². The van der Waals surface area contributed by atoms with Crippen molar-refractivity contribution in [1.82, 2.24) is 10.4 Å². The van der Waals surface area contributed by atoms with Gasteiger partial charge >= 0.3 is 12.1 Å². The highest BCUT2D eigenvalue weighted by Gasteiger charge is 2.31. The van der Waals surface area contributed by atoms with Crippen molar-refractivity contribution in [3.63, 3.8) is 0 Å². The number of nitrogens with one attached hydrogen (secondary N) is 1. The molecule has 1 heterocycles. The molecule has 132 valence electrons. The van der Waals surface area contributed by atoms with E-state index in [1.165, 1.54) is 5.06 Å². The number of alkyl carbamates (subject to hydrolysis) is 1. The van der Waals surface area contributed by atoms with Gasteiger partial charge in [0, 0.05) is 6.42 Å². The maximum absolute atomic E-state index is 13.9. The van der Waals surface area contributed by atoms with Gasteiger partial charge in [-0.2, -0.15) is 0 Å². The summed E-state index contributed by atoms with van der Waals surface area (Å²) in [6.07, 6.45) is -1.67. The van der Waals surface area contributed by atoms with Gasteiger partial charge < -0.3 is 14.9 Å². The first-order valence-electron chi connectivity index (χ1n) is 7.89. The van der Waals surface area contributed by atoms with Gasteiger partial charge in [-0.3, -0.25) is 0 Å². The number of halogens is 1. The molecule has 7 heteroatoms. The fourth-order valence-corrected chi connectivity index (χ4v) is 2.40. The average molecular weight is 338 g/mol. The summed E-state index contributed by atoms with van der Waals surface area (Å²) in [4.78, 5) is 29.1. The van der Waals surface area contributed by atoms with Gasteiger partial charge in [-0.15, -0.1) is 5.06 Å². The maximum atomic E-state index is 13.9. The summed E-state index contributed by atoms with van der Waals surface area (Å²) in [5.41, 5.74) is -0.247. The van der Waals surface area contributed by atoms with Gasteiger partial charge in [-0.1, -0.05) is 18.2 Å². The second-order valence-electron chi connectivity index (χ2n) is 6.77. The van der Waals surface area contributed by atoms with E-state index < -0.39 is 29.9 Å². The number of ether oxygens (including phenoxy) is 1. The van der Waals surface area contributed by atoms with Crippen LogP contribution in [-0.4, -0.2) is 48.0 Å². The lowest BCUT2D eigenvalue weighted by molar-refractivity contribution is -0.138. The van der Waals surface area contributed by atoms with Gasteiger partial charge in [-0.25, -0.2) is 14.0 Å². The molecule has 0 aromatic heterocycles. The quantitative estimate of drug-likeness (QED) is 0.918. The number of rotatable bonds is 3. The van der Waals surface area contributed by atoms with E-state index in [1.807, 2.05) is 0 Å². The lowest BCUT2D eigenvalue weighted by atomic mass is 10.1. The van der Waals surface area contributed by atoms with Crippen LogP contribution in [0.25, 0.3) is 0 Å². The number of carbonyl (C=O) groups excluding carboxylic acids is 2. The molecule has 1 fully saturated rings. The van der Waals surface area contributed by atoms with Crippen molar-refractivity contribution in [2.45, 2.75) is 45.0 Å². The number of alkyl halides is 1. The fraction of sp³-hybridized carbons (Fsp3) is 0.529. The van der Waals surface area contributed by atoms with E-state index in [0.717, 1.165) is 0 Å². The molecule has 24 heavy (non-hydrogen) atoms. The fourth-order valence-electron chi connectivity index (χ4n) is 2.40. The van der Waals surface area contributed by atoms with E-state index in [9.17, 15) is 14.0 Å². The molecule has 0 unspecified atom stereocenters. The molecule has 0 radical (unpaired) electrons. The van der Waals surface area contributed by atoms with Crippen molar-refractivity contribution < 1.29 is 23.6 Å². The minimum Gasteiger partial charge on any atom is -0.444 e. The van der Waals surface area contributed by atoms with Crippen LogP contribution < -0.4 is 5.32 Å². The number of amides is 1. The lowest BCUT2D eigenvalue weighted by Gasteiger charge is -2.33. The van der Waals surface area contributed by atoms with Crippen LogP contribution in [0.2, 0.25) is 0 Å². The zero-order valence-electron chi connectivity index (χ0n) is 14.1. The Bertz CT molecular complexity index is 574. The lowest BCUT2D eigenvalue weighted by Crippen LogP contribution is -2.52. The Kier molecular flexibility index (Phi) is 5.77. The maximum Gasteiger partial charge on any atom is 0.407 e. The Morgan fingerprint density at radius 3 is 2.50 bits per heavy atom. The van der Waals surface area contributed by atoms with E-state index in [4.69, 9.17) is 9.57 Å². The molecule has 2 rings (SSSR count). The van der Waals surface area contributed by atoms with Crippen molar-refractivity contribution in [2.75, 3.05) is 13.1 Å². The summed E-state index contributed by atoms with van der Waals surface area (Å²) in [6, 6.07) is 7.98. The molecule has 1 N–H and O–H groups in total. The third kappa shape index (κ3) is 5.81. The van der Waals surface area contributed by atoms with Crippen molar-refractivity contribution in [3.05, 3.63) is 35.9 Å². The van der Waals surface area contributed by atoms with Crippen LogP contribution in [0.5, 0.6) is 0 Å². The molecule has 1 aliphatic heterocycles. The Labute approximate surface area is 140 Å². The summed E-state index contributed by atoms with van der Waals surface area (Å²) in [5, 5.41) is 3.86. The number of nitrogens with zero attached hydrogens (tertiary/aromatic N) is 1. The van der Waals surface area contributed by atoms with Gasteiger partial charge in [-0.05, 0) is 32.9 Å². The number of piperidine rings is 1. The van der Waals surface area contributed by atoms with E-state index in [-0.39, 0.29) is 19.5 Å². The number of carbonyl (C=O) groups is 2. The highest BCUT2D eigenvalue weighted by atomic mass is 19.1. The Morgan fingerprint density at radius 2 is 1.88 bits per heavy atom. The van der Waals surface area contributed by atoms with E-state index in [1.54, 1.807) is 51.1 Å². The third-order valence-electron chi connectivity index (χ3n) is 3.31. The van der Waals surface area contributed by atoms with Gasteiger partial charge in [0.25, 0.3) is 0 Å². The molecule has 1 aromatic rings. The van der Waals surface area contributed by atoms with Gasteiger partial charge in [0.2, 0.25) is 0 Å². The SMILES string of the molecule is CC(C)(C)OC(=O)N[C@H]1C[C@@H](F)CN(OC(=O)c2ccccc2)C1. The normalized spacial score (nSPS) is 21.8. The van der Waals surface area contributed by atoms with Crippen molar-refractivity contribution >= 4 is 12.1 Å².